The van der Waals surface area contributed by atoms with Crippen molar-refractivity contribution in [3.63, 3.8) is 0 Å². The lowest BCUT2D eigenvalue weighted by Gasteiger charge is -2.14. The molecule has 0 unspecified atom stereocenters. The summed E-state index contributed by atoms with van der Waals surface area (Å²) >= 11 is 0. The lowest BCUT2D eigenvalue weighted by molar-refractivity contribution is 0.645. The summed E-state index contributed by atoms with van der Waals surface area (Å²) in [4.78, 5) is 0. The van der Waals surface area contributed by atoms with Crippen LogP contribution in [0.5, 0.6) is 0 Å². The zero-order valence-corrected chi connectivity index (χ0v) is 9.62. The van der Waals surface area contributed by atoms with Crippen molar-refractivity contribution in [2.24, 2.45) is 0 Å². The average molecular weight is 210 g/mol. The second-order valence-corrected chi connectivity index (χ2v) is 7.15. The first-order valence-corrected chi connectivity index (χ1v) is 6.78. The maximum absolute atomic E-state index is 2.33. The van der Waals surface area contributed by atoms with Crippen LogP contribution in [0.25, 0.3) is 0 Å². The zero-order valence-electron chi connectivity index (χ0n) is 7.99. The van der Waals surface area contributed by atoms with E-state index in [9.17, 15) is 0 Å². The third-order valence-corrected chi connectivity index (χ3v) is 5.96. The van der Waals surface area contributed by atoms with Gasteiger partial charge < -0.3 is 0 Å². The summed E-state index contributed by atoms with van der Waals surface area (Å²) in [5.41, 5.74) is 1.48. The Bertz CT molecular complexity index is 279. The SMILES string of the molecule is CC1(C)C[C@H](c2ccccc2)SS1. The highest BCUT2D eigenvalue weighted by Gasteiger charge is 2.33. The molecule has 1 aliphatic heterocycles. The third kappa shape index (κ3) is 2.23. The van der Waals surface area contributed by atoms with Crippen LogP contribution in [0.15, 0.2) is 30.3 Å². The first kappa shape index (κ1) is 9.47. The second-order valence-electron chi connectivity index (χ2n) is 4.04. The Morgan fingerprint density at radius 3 is 2.46 bits per heavy atom. The van der Waals surface area contributed by atoms with Crippen LogP contribution in [0.1, 0.15) is 31.1 Å². The van der Waals surface area contributed by atoms with Gasteiger partial charge in [0.2, 0.25) is 0 Å². The first-order chi connectivity index (χ1) is 6.17. The summed E-state index contributed by atoms with van der Waals surface area (Å²) in [6.07, 6.45) is 1.28. The van der Waals surface area contributed by atoms with E-state index in [0.717, 1.165) is 0 Å². The van der Waals surface area contributed by atoms with E-state index < -0.39 is 0 Å². The van der Waals surface area contributed by atoms with Gasteiger partial charge in [-0.05, 0) is 25.8 Å². The highest BCUT2D eigenvalue weighted by Crippen LogP contribution is 2.57. The molecule has 0 saturated carbocycles. The number of benzene rings is 1. The molecule has 1 aliphatic rings. The highest BCUT2D eigenvalue weighted by atomic mass is 33.1. The largest absolute Gasteiger partial charge is 0.0872 e. The van der Waals surface area contributed by atoms with Gasteiger partial charge in [-0.3, -0.25) is 0 Å². The molecule has 1 heterocycles. The minimum Gasteiger partial charge on any atom is -0.0872 e. The second kappa shape index (κ2) is 3.58. The first-order valence-electron chi connectivity index (χ1n) is 4.57. The van der Waals surface area contributed by atoms with Crippen molar-refractivity contribution in [1.29, 1.82) is 0 Å². The number of rotatable bonds is 1. The molecule has 2 rings (SSSR count). The fourth-order valence-electron chi connectivity index (χ4n) is 1.54. The molecule has 0 bridgehead atoms. The fourth-order valence-corrected chi connectivity index (χ4v) is 4.89. The molecule has 13 heavy (non-hydrogen) atoms. The predicted molar refractivity (Wildman–Crippen MR) is 63.1 cm³/mol. The molecule has 1 aromatic rings. The van der Waals surface area contributed by atoms with Gasteiger partial charge in [-0.25, -0.2) is 0 Å². The Morgan fingerprint density at radius 1 is 1.23 bits per heavy atom. The van der Waals surface area contributed by atoms with Gasteiger partial charge in [-0.1, -0.05) is 51.9 Å². The minimum atomic E-state index is 0.450. The number of hydrogen-bond acceptors (Lipinski definition) is 2. The molecular weight excluding hydrogens is 196 g/mol. The van der Waals surface area contributed by atoms with Crippen molar-refractivity contribution in [1.82, 2.24) is 0 Å². The predicted octanol–water partition coefficient (Wildman–Crippen LogP) is 4.29. The van der Waals surface area contributed by atoms with Crippen LogP contribution in [-0.2, 0) is 0 Å². The van der Waals surface area contributed by atoms with E-state index in [4.69, 9.17) is 0 Å². The lowest BCUT2D eigenvalue weighted by atomic mass is 10.0. The Hall–Kier alpha value is -0.0800. The Morgan fingerprint density at radius 2 is 1.92 bits per heavy atom. The molecule has 1 aromatic carbocycles. The Labute approximate surface area is 87.9 Å². The van der Waals surface area contributed by atoms with Crippen LogP contribution < -0.4 is 0 Å². The van der Waals surface area contributed by atoms with Gasteiger partial charge in [0.25, 0.3) is 0 Å². The van der Waals surface area contributed by atoms with E-state index in [1.807, 2.05) is 21.6 Å². The molecule has 70 valence electrons. The van der Waals surface area contributed by atoms with Crippen molar-refractivity contribution in [3.8, 4) is 0 Å². The fraction of sp³-hybridized carbons (Fsp3) is 0.455. The van der Waals surface area contributed by atoms with E-state index in [-0.39, 0.29) is 0 Å². The summed E-state index contributed by atoms with van der Waals surface area (Å²) in [6, 6.07) is 10.8. The quantitative estimate of drug-likeness (QED) is 0.634. The molecule has 0 aliphatic carbocycles. The van der Waals surface area contributed by atoms with Crippen LogP contribution in [0.3, 0.4) is 0 Å². The van der Waals surface area contributed by atoms with Gasteiger partial charge in [0, 0.05) is 10.00 Å². The molecule has 0 nitrogen and oxygen atoms in total. The maximum atomic E-state index is 2.33. The van der Waals surface area contributed by atoms with Crippen LogP contribution in [-0.4, -0.2) is 4.75 Å². The van der Waals surface area contributed by atoms with E-state index >= 15 is 0 Å². The normalized spacial score (nSPS) is 26.2. The van der Waals surface area contributed by atoms with Crippen molar-refractivity contribution in [2.75, 3.05) is 0 Å². The molecule has 1 fully saturated rings. The maximum Gasteiger partial charge on any atom is 0.0414 e. The average Bonchev–Trinajstić information content (AvgIpc) is 2.48. The summed E-state index contributed by atoms with van der Waals surface area (Å²) in [5.74, 6) is 0. The molecule has 1 saturated heterocycles. The van der Waals surface area contributed by atoms with Crippen LogP contribution in [0, 0.1) is 0 Å². The Kier molecular flexibility index (Phi) is 2.61. The van der Waals surface area contributed by atoms with E-state index in [2.05, 4.69) is 44.2 Å². The van der Waals surface area contributed by atoms with Gasteiger partial charge in [-0.15, -0.1) is 0 Å². The topological polar surface area (TPSA) is 0 Å². The molecule has 0 radical (unpaired) electrons. The molecule has 0 aromatic heterocycles. The zero-order chi connectivity index (χ0) is 9.31. The van der Waals surface area contributed by atoms with Crippen molar-refractivity contribution >= 4 is 21.6 Å². The molecule has 2 heteroatoms. The summed E-state index contributed by atoms with van der Waals surface area (Å²) < 4.78 is 0.450. The summed E-state index contributed by atoms with van der Waals surface area (Å²) in [6.45, 7) is 4.65. The third-order valence-electron chi connectivity index (χ3n) is 2.24. The molecule has 1 atom stereocenters. The monoisotopic (exact) mass is 210 g/mol. The number of hydrogen-bond donors (Lipinski definition) is 0. The highest BCUT2D eigenvalue weighted by molar-refractivity contribution is 8.77. The van der Waals surface area contributed by atoms with Gasteiger partial charge in [0.05, 0.1) is 0 Å². The van der Waals surface area contributed by atoms with E-state index in [0.29, 0.717) is 10.00 Å². The van der Waals surface area contributed by atoms with Gasteiger partial charge >= 0.3 is 0 Å². The van der Waals surface area contributed by atoms with Crippen molar-refractivity contribution < 1.29 is 0 Å². The van der Waals surface area contributed by atoms with Gasteiger partial charge in [0.15, 0.2) is 0 Å². The van der Waals surface area contributed by atoms with Crippen molar-refractivity contribution in [2.45, 2.75) is 30.3 Å². The van der Waals surface area contributed by atoms with E-state index in [1.54, 1.807) is 0 Å². The van der Waals surface area contributed by atoms with E-state index in [1.165, 1.54) is 12.0 Å². The summed E-state index contributed by atoms with van der Waals surface area (Å²) in [5, 5.41) is 0.696. The van der Waals surface area contributed by atoms with Crippen LogP contribution in [0.2, 0.25) is 0 Å². The Balaban J connectivity index is 2.13. The van der Waals surface area contributed by atoms with Gasteiger partial charge in [-0.2, -0.15) is 0 Å². The molecule has 0 spiro atoms. The van der Waals surface area contributed by atoms with Gasteiger partial charge in [0.1, 0.15) is 0 Å². The summed E-state index contributed by atoms with van der Waals surface area (Å²) in [7, 11) is 4.04. The minimum absolute atomic E-state index is 0.450. The smallest absolute Gasteiger partial charge is 0.0414 e. The molecular formula is C11H14S2. The van der Waals surface area contributed by atoms with Crippen LogP contribution in [0.4, 0.5) is 0 Å². The lowest BCUT2D eigenvalue weighted by Crippen LogP contribution is -2.09. The van der Waals surface area contributed by atoms with Crippen LogP contribution >= 0.6 is 21.6 Å². The molecule has 0 amide bonds. The van der Waals surface area contributed by atoms with Crippen molar-refractivity contribution in [3.05, 3.63) is 35.9 Å². The molecule has 0 N–H and O–H groups in total. The standard InChI is InChI=1S/C11H14S2/c1-11(2)8-10(12-13-11)9-6-4-3-5-7-9/h3-7,10H,8H2,1-2H3/t10-/m1/s1.